The molecule has 0 fully saturated rings. The van der Waals surface area contributed by atoms with Gasteiger partial charge in [0.25, 0.3) is 5.56 Å². The van der Waals surface area contributed by atoms with Crippen LogP contribution in [0.25, 0.3) is 5.69 Å². The van der Waals surface area contributed by atoms with E-state index in [0.29, 0.717) is 28.6 Å². The maximum absolute atomic E-state index is 14.0. The lowest BCUT2D eigenvalue weighted by molar-refractivity contribution is 0.106. The number of aromatic nitrogens is 3. The van der Waals surface area contributed by atoms with Crippen molar-refractivity contribution in [3.05, 3.63) is 151 Å². The van der Waals surface area contributed by atoms with Crippen LogP contribution in [0, 0.1) is 26.6 Å². The molecule has 5 aromatic rings. The zero-order chi connectivity index (χ0) is 30.7. The highest BCUT2D eigenvalue weighted by Gasteiger charge is 2.20. The molecule has 1 atom stereocenters. The summed E-state index contributed by atoms with van der Waals surface area (Å²) in [5, 5.41) is 4.61. The van der Waals surface area contributed by atoms with Gasteiger partial charge >= 0.3 is 0 Å². The number of halogens is 2. The third kappa shape index (κ3) is 6.45. The van der Waals surface area contributed by atoms with Crippen LogP contribution in [0.15, 0.2) is 95.2 Å². The van der Waals surface area contributed by atoms with Gasteiger partial charge in [-0.25, -0.2) is 9.37 Å². The molecule has 2 N–H and O–H groups in total. The summed E-state index contributed by atoms with van der Waals surface area (Å²) in [6, 6.07) is 21.3. The number of benzene rings is 3. The lowest BCUT2D eigenvalue weighted by Gasteiger charge is -2.20. The Kier molecular flexibility index (Phi) is 8.89. The summed E-state index contributed by atoms with van der Waals surface area (Å²) in [5.41, 5.74) is 7.32. The number of nitrogens with two attached hydrogens (primary N) is 1. The van der Waals surface area contributed by atoms with Crippen molar-refractivity contribution in [1.29, 1.82) is 0 Å². The van der Waals surface area contributed by atoms with Crippen molar-refractivity contribution in [2.75, 3.05) is 0 Å². The first-order valence-corrected chi connectivity index (χ1v) is 14.3. The monoisotopic (exact) mass is 597 g/mol. The molecule has 0 aliphatic carbocycles. The van der Waals surface area contributed by atoms with E-state index < -0.39 is 6.04 Å². The first-order chi connectivity index (χ1) is 20.7. The third-order valence-electron chi connectivity index (χ3n) is 7.52. The molecule has 0 spiro atoms. The fraction of sp³-hybridized carbons (Fsp3) is 0.206. The van der Waals surface area contributed by atoms with Gasteiger partial charge < -0.3 is 15.1 Å². The molecule has 2 heterocycles. The van der Waals surface area contributed by atoms with E-state index in [1.807, 2.05) is 70.2 Å². The molecule has 43 heavy (non-hydrogen) atoms. The summed E-state index contributed by atoms with van der Waals surface area (Å²) in [5.74, 6) is 5.61. The van der Waals surface area contributed by atoms with Crippen molar-refractivity contribution in [3.8, 4) is 5.69 Å². The number of ether oxygens (including phenoxy) is 1. The van der Waals surface area contributed by atoms with Crippen molar-refractivity contribution >= 4 is 17.3 Å². The maximum Gasteiger partial charge on any atom is 0.260 e. The largest absolute Gasteiger partial charge is 0.372 e. The minimum absolute atomic E-state index is 0.256. The van der Waals surface area contributed by atoms with Crippen LogP contribution in [0.5, 0.6) is 0 Å². The summed E-state index contributed by atoms with van der Waals surface area (Å²) in [6.07, 6.45) is 3.45. The number of aryl methyl sites for hydroxylation is 3. The second-order valence-electron chi connectivity index (χ2n) is 10.7. The number of hydrogen-bond acceptors (Lipinski definition) is 5. The molecule has 0 saturated heterocycles. The fourth-order valence-corrected chi connectivity index (χ4v) is 5.22. The summed E-state index contributed by atoms with van der Waals surface area (Å²) < 4.78 is 23.1. The zero-order valence-corrected chi connectivity index (χ0v) is 25.3. The number of hydrogen-bond donors (Lipinski definition) is 1. The molecule has 7 nitrogen and oxygen atoms in total. The van der Waals surface area contributed by atoms with Crippen LogP contribution in [0.2, 0.25) is 5.15 Å². The molecular weight excluding hydrogens is 565 g/mol. The van der Waals surface area contributed by atoms with E-state index in [4.69, 9.17) is 22.2 Å². The molecule has 0 saturated carbocycles. The van der Waals surface area contributed by atoms with Gasteiger partial charge in [0.2, 0.25) is 0 Å². The number of pyridine rings is 1. The molecule has 0 bridgehead atoms. The van der Waals surface area contributed by atoms with Crippen LogP contribution in [0.1, 0.15) is 57.6 Å². The van der Waals surface area contributed by atoms with E-state index in [1.54, 1.807) is 39.9 Å². The van der Waals surface area contributed by atoms with Gasteiger partial charge in [-0.05, 0) is 80.3 Å². The van der Waals surface area contributed by atoms with Gasteiger partial charge in [-0.1, -0.05) is 59.6 Å². The minimum Gasteiger partial charge on any atom is -0.372 e. The molecule has 5 rings (SSSR count). The van der Waals surface area contributed by atoms with E-state index in [1.165, 1.54) is 17.7 Å². The summed E-state index contributed by atoms with van der Waals surface area (Å²) >= 11 is 6.45. The summed E-state index contributed by atoms with van der Waals surface area (Å²) in [6.45, 7) is 8.39. The first-order valence-electron chi connectivity index (χ1n) is 13.9. The lowest BCUT2D eigenvalue weighted by atomic mass is 9.99. The van der Waals surface area contributed by atoms with Crippen LogP contribution in [-0.2, 0) is 18.0 Å². The molecule has 220 valence electrons. The minimum atomic E-state index is -0.390. The average molecular weight is 598 g/mol. The fourth-order valence-electron chi connectivity index (χ4n) is 5.03. The van der Waals surface area contributed by atoms with Gasteiger partial charge in [0.1, 0.15) is 23.0 Å². The maximum atomic E-state index is 14.0. The highest BCUT2D eigenvalue weighted by Crippen LogP contribution is 2.25. The normalized spacial score (nSPS) is 12.5. The zero-order valence-electron chi connectivity index (χ0n) is 24.5. The molecular formula is C34H33ClFN5O2. The Balaban J connectivity index is 1.54. The van der Waals surface area contributed by atoms with E-state index in [0.717, 1.165) is 33.6 Å². The molecule has 0 radical (unpaired) electrons. The lowest BCUT2D eigenvalue weighted by Crippen LogP contribution is -2.30. The van der Waals surface area contributed by atoms with Crippen molar-refractivity contribution in [2.24, 2.45) is 10.9 Å². The van der Waals surface area contributed by atoms with E-state index in [9.17, 15) is 9.18 Å². The predicted molar refractivity (Wildman–Crippen MR) is 168 cm³/mol. The Labute approximate surface area is 255 Å². The van der Waals surface area contributed by atoms with Crippen molar-refractivity contribution < 1.29 is 9.13 Å². The molecule has 0 amide bonds. The topological polar surface area (TPSA) is 87.4 Å². The Morgan fingerprint density at radius 1 is 1.00 bits per heavy atom. The SMILES string of the molecule is Cc1ccc(COCc2cc(/C(=N\N)c3ccc(-n4cnc(C)c4Cl)c(C)c3)c(=O)n([C@@H](C)c3ccc(F)cc3)c2)cc1. The van der Waals surface area contributed by atoms with Crippen molar-refractivity contribution in [1.82, 2.24) is 14.1 Å². The number of imidazole rings is 1. The van der Waals surface area contributed by atoms with Gasteiger partial charge in [0.05, 0.1) is 36.2 Å². The Hall–Kier alpha value is -4.53. The number of rotatable bonds is 9. The van der Waals surface area contributed by atoms with Crippen LogP contribution >= 0.6 is 11.6 Å². The predicted octanol–water partition coefficient (Wildman–Crippen LogP) is 6.79. The van der Waals surface area contributed by atoms with Gasteiger partial charge in [-0.2, -0.15) is 5.10 Å². The van der Waals surface area contributed by atoms with Gasteiger partial charge in [-0.15, -0.1) is 0 Å². The first kappa shape index (κ1) is 29.9. The Bertz CT molecular complexity index is 1840. The van der Waals surface area contributed by atoms with E-state index in [2.05, 4.69) is 10.1 Å². The van der Waals surface area contributed by atoms with Crippen molar-refractivity contribution in [3.63, 3.8) is 0 Å². The average Bonchev–Trinajstić information content (AvgIpc) is 3.33. The van der Waals surface area contributed by atoms with Crippen molar-refractivity contribution in [2.45, 2.75) is 47.0 Å². The second kappa shape index (κ2) is 12.8. The molecule has 2 aromatic heterocycles. The molecule has 0 unspecified atom stereocenters. The van der Waals surface area contributed by atoms with E-state index in [-0.39, 0.29) is 18.0 Å². The van der Waals surface area contributed by atoms with Crippen LogP contribution in [-0.4, -0.2) is 19.8 Å². The van der Waals surface area contributed by atoms with Crippen LogP contribution in [0.4, 0.5) is 4.39 Å². The Morgan fingerprint density at radius 2 is 1.70 bits per heavy atom. The third-order valence-corrected chi connectivity index (χ3v) is 7.97. The van der Waals surface area contributed by atoms with Gasteiger partial charge in [-0.3, -0.25) is 9.36 Å². The summed E-state index contributed by atoms with van der Waals surface area (Å²) in [7, 11) is 0. The summed E-state index contributed by atoms with van der Waals surface area (Å²) in [4.78, 5) is 18.3. The highest BCUT2D eigenvalue weighted by molar-refractivity contribution is 6.30. The van der Waals surface area contributed by atoms with Gasteiger partial charge in [0, 0.05) is 11.8 Å². The highest BCUT2D eigenvalue weighted by atomic mass is 35.5. The van der Waals surface area contributed by atoms with Crippen LogP contribution in [0.3, 0.4) is 0 Å². The number of hydrazone groups is 1. The number of nitrogens with zero attached hydrogens (tertiary/aromatic N) is 4. The quantitative estimate of drug-likeness (QED) is 0.115. The molecule has 3 aromatic carbocycles. The smallest absolute Gasteiger partial charge is 0.260 e. The molecule has 9 heteroatoms. The Morgan fingerprint density at radius 3 is 2.33 bits per heavy atom. The second-order valence-corrected chi connectivity index (χ2v) is 11.0. The molecule has 0 aliphatic rings. The van der Waals surface area contributed by atoms with E-state index >= 15 is 0 Å². The molecule has 0 aliphatic heterocycles. The van der Waals surface area contributed by atoms with Crippen LogP contribution < -0.4 is 11.4 Å². The van der Waals surface area contributed by atoms with Gasteiger partial charge in [0.15, 0.2) is 0 Å². The standard InChI is InChI=1S/C34H33ClFN5O2/c1-21-5-7-25(8-6-21)18-43-19-26-16-30(34(42)40(17-26)24(4)27-9-12-29(36)13-10-27)32(39-37)28-11-14-31(22(2)15-28)41-20-38-23(3)33(41)35/h5-17,20,24H,18-19,37H2,1-4H3/b39-32-/t24-/m0/s1.